The number of hydrogen-bond acceptors (Lipinski definition) is 2. The van der Waals surface area contributed by atoms with Crippen molar-refractivity contribution in [2.45, 2.75) is 37.2 Å². The summed E-state index contributed by atoms with van der Waals surface area (Å²) in [7, 11) is 1.69. The third-order valence-corrected chi connectivity index (χ3v) is 4.53. The molecule has 3 atom stereocenters. The number of rotatable bonds is 1. The van der Waals surface area contributed by atoms with E-state index in [0.717, 1.165) is 25.0 Å². The number of fused-ring (bicyclic) bond motifs is 3. The maximum atomic E-state index is 10.3. The first-order valence-electron chi connectivity index (χ1n) is 6.52. The second-order valence-electron chi connectivity index (χ2n) is 5.55. The minimum atomic E-state index is -0.892. The summed E-state index contributed by atoms with van der Waals surface area (Å²) in [5.41, 5.74) is 1.83. The minimum Gasteiger partial charge on any atom is -0.497 e. The molecule has 0 radical (unpaired) electrons. The number of terminal acetylenes is 1. The van der Waals surface area contributed by atoms with Crippen LogP contribution in [0.2, 0.25) is 0 Å². The van der Waals surface area contributed by atoms with Crippen molar-refractivity contribution in [3.05, 3.63) is 29.3 Å². The molecular formula is C16H18O2. The molecular weight excluding hydrogens is 224 g/mol. The van der Waals surface area contributed by atoms with Crippen LogP contribution in [0.4, 0.5) is 0 Å². The van der Waals surface area contributed by atoms with E-state index in [9.17, 15) is 5.11 Å². The summed E-state index contributed by atoms with van der Waals surface area (Å²) in [6, 6.07) is 6.28. The molecule has 1 saturated carbocycles. The Hall–Kier alpha value is -1.46. The minimum absolute atomic E-state index is 0.417. The Balaban J connectivity index is 1.97. The van der Waals surface area contributed by atoms with Crippen molar-refractivity contribution in [2.75, 3.05) is 7.11 Å². The van der Waals surface area contributed by atoms with Gasteiger partial charge in [-0.2, -0.15) is 0 Å². The Kier molecular flexibility index (Phi) is 2.60. The van der Waals surface area contributed by atoms with Gasteiger partial charge < -0.3 is 9.84 Å². The topological polar surface area (TPSA) is 29.5 Å². The van der Waals surface area contributed by atoms with Gasteiger partial charge in [-0.3, -0.25) is 0 Å². The average molecular weight is 242 g/mol. The molecule has 18 heavy (non-hydrogen) atoms. The molecule has 1 aromatic rings. The van der Waals surface area contributed by atoms with Crippen LogP contribution in [0.5, 0.6) is 5.75 Å². The van der Waals surface area contributed by atoms with Gasteiger partial charge in [-0.15, -0.1) is 6.42 Å². The highest BCUT2D eigenvalue weighted by atomic mass is 16.5. The van der Waals surface area contributed by atoms with E-state index >= 15 is 0 Å². The number of aliphatic hydroxyl groups is 1. The van der Waals surface area contributed by atoms with Crippen molar-refractivity contribution in [3.8, 4) is 18.1 Å². The lowest BCUT2D eigenvalue weighted by atomic mass is 9.77. The van der Waals surface area contributed by atoms with Crippen molar-refractivity contribution in [1.82, 2.24) is 0 Å². The Labute approximate surface area is 108 Å². The highest BCUT2D eigenvalue weighted by Crippen LogP contribution is 2.51. The largest absolute Gasteiger partial charge is 0.497 e. The lowest BCUT2D eigenvalue weighted by Gasteiger charge is -2.28. The van der Waals surface area contributed by atoms with Crippen LogP contribution in [0.25, 0.3) is 0 Å². The Morgan fingerprint density at radius 1 is 1.44 bits per heavy atom. The monoisotopic (exact) mass is 242 g/mol. The summed E-state index contributed by atoms with van der Waals surface area (Å²) in [4.78, 5) is 0. The first-order valence-corrected chi connectivity index (χ1v) is 6.52. The number of aryl methyl sites for hydroxylation is 1. The predicted octanol–water partition coefficient (Wildman–Crippen LogP) is 2.50. The lowest BCUT2D eigenvalue weighted by Crippen LogP contribution is -2.21. The quantitative estimate of drug-likeness (QED) is 0.767. The molecule has 0 bridgehead atoms. The summed E-state index contributed by atoms with van der Waals surface area (Å²) in [5, 5.41) is 10.3. The van der Waals surface area contributed by atoms with Crippen LogP contribution < -0.4 is 4.74 Å². The van der Waals surface area contributed by atoms with Gasteiger partial charge in [-0.25, -0.2) is 0 Å². The van der Waals surface area contributed by atoms with Gasteiger partial charge in [0.2, 0.25) is 0 Å². The lowest BCUT2D eigenvalue weighted by molar-refractivity contribution is 0.104. The second kappa shape index (κ2) is 4.03. The fraction of sp³-hybridized carbons (Fsp3) is 0.500. The molecule has 1 N–H and O–H groups in total. The van der Waals surface area contributed by atoms with E-state index in [1.165, 1.54) is 11.1 Å². The van der Waals surface area contributed by atoms with Crippen LogP contribution in [-0.4, -0.2) is 17.8 Å². The molecule has 0 spiro atoms. The summed E-state index contributed by atoms with van der Waals surface area (Å²) < 4.78 is 5.27. The Bertz CT molecular complexity index is 514. The van der Waals surface area contributed by atoms with Gasteiger partial charge in [-0.05, 0) is 60.8 Å². The third-order valence-electron chi connectivity index (χ3n) is 4.53. The molecule has 2 heteroatoms. The maximum absolute atomic E-state index is 10.3. The normalized spacial score (nSPS) is 33.4. The molecule has 0 aromatic heterocycles. The Morgan fingerprint density at radius 3 is 3.00 bits per heavy atom. The van der Waals surface area contributed by atoms with Crippen LogP contribution >= 0.6 is 0 Å². The molecule has 2 nitrogen and oxygen atoms in total. The van der Waals surface area contributed by atoms with Crippen molar-refractivity contribution in [2.24, 2.45) is 5.92 Å². The summed E-state index contributed by atoms with van der Waals surface area (Å²) in [5.74, 6) is 4.45. The van der Waals surface area contributed by atoms with Gasteiger partial charge in [0, 0.05) is 0 Å². The fourth-order valence-corrected chi connectivity index (χ4v) is 3.60. The molecule has 94 valence electrons. The van der Waals surface area contributed by atoms with Crippen LogP contribution in [0.1, 0.15) is 36.3 Å². The van der Waals surface area contributed by atoms with Gasteiger partial charge in [0.1, 0.15) is 11.4 Å². The van der Waals surface area contributed by atoms with E-state index in [4.69, 9.17) is 11.2 Å². The highest BCUT2D eigenvalue weighted by Gasteiger charge is 2.45. The summed E-state index contributed by atoms with van der Waals surface area (Å²) >= 11 is 0. The van der Waals surface area contributed by atoms with Gasteiger partial charge in [0.05, 0.1) is 7.11 Å². The average Bonchev–Trinajstić information content (AvgIpc) is 2.75. The number of methoxy groups -OCH3 is 1. The molecule has 0 unspecified atom stereocenters. The molecule has 1 aromatic carbocycles. The maximum Gasteiger partial charge on any atom is 0.126 e. The van der Waals surface area contributed by atoms with Gasteiger partial charge in [0.15, 0.2) is 0 Å². The molecule has 3 rings (SSSR count). The summed E-state index contributed by atoms with van der Waals surface area (Å²) in [6.45, 7) is 0. The molecule has 0 amide bonds. The van der Waals surface area contributed by atoms with Gasteiger partial charge in [0.25, 0.3) is 0 Å². The van der Waals surface area contributed by atoms with E-state index in [1.807, 2.05) is 6.07 Å². The molecule has 2 aliphatic rings. The smallest absolute Gasteiger partial charge is 0.126 e. The van der Waals surface area contributed by atoms with Crippen LogP contribution in [0.15, 0.2) is 18.2 Å². The van der Waals surface area contributed by atoms with Gasteiger partial charge >= 0.3 is 0 Å². The Morgan fingerprint density at radius 2 is 2.28 bits per heavy atom. The molecule has 0 heterocycles. The highest BCUT2D eigenvalue weighted by molar-refractivity contribution is 5.41. The standard InChI is InChI=1S/C16H18O2/c1-3-16(17)9-12-5-4-11-8-13(18-2)6-7-14(11)15(12)10-16/h1,6-8,12,15,17H,4-5,9-10H2,2H3/t12-,15+,16+/m1/s1. The van der Waals surface area contributed by atoms with E-state index in [0.29, 0.717) is 18.3 Å². The van der Waals surface area contributed by atoms with Gasteiger partial charge in [-0.1, -0.05) is 12.0 Å². The zero-order valence-electron chi connectivity index (χ0n) is 10.6. The van der Waals surface area contributed by atoms with E-state index in [1.54, 1.807) is 7.11 Å². The molecule has 0 aliphatic heterocycles. The third kappa shape index (κ3) is 1.71. The number of benzene rings is 1. The predicted molar refractivity (Wildman–Crippen MR) is 70.6 cm³/mol. The van der Waals surface area contributed by atoms with E-state index in [2.05, 4.69) is 18.1 Å². The second-order valence-corrected chi connectivity index (χ2v) is 5.55. The van der Waals surface area contributed by atoms with Crippen LogP contribution in [-0.2, 0) is 6.42 Å². The van der Waals surface area contributed by atoms with Crippen LogP contribution in [0.3, 0.4) is 0 Å². The number of ether oxygens (including phenoxy) is 1. The molecule has 2 aliphatic carbocycles. The zero-order chi connectivity index (χ0) is 12.8. The summed E-state index contributed by atoms with van der Waals surface area (Å²) in [6.07, 6.45) is 9.10. The van der Waals surface area contributed by atoms with Crippen molar-refractivity contribution < 1.29 is 9.84 Å². The van der Waals surface area contributed by atoms with E-state index in [-0.39, 0.29) is 0 Å². The number of hydrogen-bond donors (Lipinski definition) is 1. The first kappa shape index (κ1) is 11.6. The van der Waals surface area contributed by atoms with Crippen molar-refractivity contribution >= 4 is 0 Å². The van der Waals surface area contributed by atoms with Crippen molar-refractivity contribution in [3.63, 3.8) is 0 Å². The SMILES string of the molecule is C#C[C@]1(O)C[C@H]2CCc3cc(OC)ccc3[C@H]2C1. The molecule has 1 fully saturated rings. The first-order chi connectivity index (χ1) is 8.65. The fourth-order valence-electron chi connectivity index (χ4n) is 3.60. The van der Waals surface area contributed by atoms with Crippen molar-refractivity contribution in [1.29, 1.82) is 0 Å². The zero-order valence-corrected chi connectivity index (χ0v) is 10.6. The molecule has 0 saturated heterocycles. The van der Waals surface area contributed by atoms with E-state index < -0.39 is 5.60 Å². The van der Waals surface area contributed by atoms with Crippen LogP contribution in [0, 0.1) is 18.3 Å².